The first-order valence-corrected chi connectivity index (χ1v) is 9.26. The first-order valence-electron chi connectivity index (χ1n) is 9.26. The predicted molar refractivity (Wildman–Crippen MR) is 103 cm³/mol. The molecule has 0 unspecified atom stereocenters. The van der Waals surface area contributed by atoms with E-state index in [0.717, 1.165) is 5.56 Å². The minimum absolute atomic E-state index is 0.221. The molecule has 0 spiro atoms. The largest absolute Gasteiger partial charge is 0.480 e. The molecular formula is C20H30N2O6. The molecule has 2 N–H and O–H groups in total. The van der Waals surface area contributed by atoms with Crippen LogP contribution in [0.25, 0.3) is 0 Å². The van der Waals surface area contributed by atoms with E-state index < -0.39 is 23.7 Å². The third-order valence-corrected chi connectivity index (χ3v) is 3.67. The first kappa shape index (κ1) is 23.4. The number of carbonyl (C=O) groups is 3. The van der Waals surface area contributed by atoms with Gasteiger partial charge in [0, 0.05) is 13.5 Å². The number of carboxylic acid groups (broad SMARTS) is 1. The van der Waals surface area contributed by atoms with Gasteiger partial charge in [0.25, 0.3) is 0 Å². The summed E-state index contributed by atoms with van der Waals surface area (Å²) in [7, 11) is 0. The van der Waals surface area contributed by atoms with Crippen molar-refractivity contribution < 1.29 is 29.1 Å². The van der Waals surface area contributed by atoms with E-state index in [1.165, 1.54) is 12.0 Å². The van der Waals surface area contributed by atoms with Crippen molar-refractivity contribution in [2.24, 2.45) is 0 Å². The van der Waals surface area contributed by atoms with Gasteiger partial charge < -0.3 is 15.2 Å². The average molecular weight is 394 g/mol. The van der Waals surface area contributed by atoms with Crippen molar-refractivity contribution in [3.8, 4) is 0 Å². The molecular weight excluding hydrogens is 364 g/mol. The number of carbonyl (C=O) groups excluding carboxylic acids is 2. The second-order valence-corrected chi connectivity index (χ2v) is 7.41. The van der Waals surface area contributed by atoms with Crippen LogP contribution in [0, 0.1) is 0 Å². The molecule has 1 aromatic carbocycles. The fourth-order valence-corrected chi connectivity index (χ4v) is 2.35. The second-order valence-electron chi connectivity index (χ2n) is 7.41. The van der Waals surface area contributed by atoms with Gasteiger partial charge in [-0.2, -0.15) is 0 Å². The fourth-order valence-electron chi connectivity index (χ4n) is 2.35. The summed E-state index contributed by atoms with van der Waals surface area (Å²) in [6.45, 7) is 7.13. The highest BCUT2D eigenvalue weighted by atomic mass is 16.7. The summed E-state index contributed by atoms with van der Waals surface area (Å²) in [5.41, 5.74) is 0.242. The van der Waals surface area contributed by atoms with Crippen LogP contribution < -0.4 is 5.32 Å². The predicted octanol–water partition coefficient (Wildman–Crippen LogP) is 3.11. The fraction of sp³-hybridized carbons (Fsp3) is 0.550. The molecule has 2 amide bonds. The number of ether oxygens (including phenoxy) is 1. The number of carboxylic acids is 1. The van der Waals surface area contributed by atoms with Gasteiger partial charge in [0.2, 0.25) is 5.91 Å². The SMILES string of the molecule is CC(=O)N(CCCC[C@H](NC(=O)OC(C)(C)C)C(=O)O)OCc1ccccc1. The summed E-state index contributed by atoms with van der Waals surface area (Å²) in [5.74, 6) is -1.35. The van der Waals surface area contributed by atoms with Crippen LogP contribution >= 0.6 is 0 Å². The molecule has 0 saturated carbocycles. The van der Waals surface area contributed by atoms with Crippen LogP contribution in [0.3, 0.4) is 0 Å². The Hall–Kier alpha value is -2.61. The Kier molecular flexibility index (Phi) is 9.44. The molecule has 8 nitrogen and oxygen atoms in total. The quantitative estimate of drug-likeness (QED) is 0.467. The van der Waals surface area contributed by atoms with Gasteiger partial charge in [-0.15, -0.1) is 0 Å². The van der Waals surface area contributed by atoms with Gasteiger partial charge in [-0.1, -0.05) is 30.3 Å². The van der Waals surface area contributed by atoms with E-state index in [-0.39, 0.29) is 18.9 Å². The molecule has 0 radical (unpaired) electrons. The first-order chi connectivity index (χ1) is 13.1. The summed E-state index contributed by atoms with van der Waals surface area (Å²) < 4.78 is 5.08. The van der Waals surface area contributed by atoms with Gasteiger partial charge in [-0.25, -0.2) is 14.7 Å². The van der Waals surface area contributed by atoms with Gasteiger partial charge in [0.1, 0.15) is 18.2 Å². The molecule has 28 heavy (non-hydrogen) atoms. The average Bonchev–Trinajstić information content (AvgIpc) is 2.58. The summed E-state index contributed by atoms with van der Waals surface area (Å²) >= 11 is 0. The van der Waals surface area contributed by atoms with Crippen molar-refractivity contribution in [1.29, 1.82) is 0 Å². The Balaban J connectivity index is 2.41. The Bertz CT molecular complexity index is 642. The zero-order valence-electron chi connectivity index (χ0n) is 16.9. The molecule has 1 atom stereocenters. The number of nitrogens with zero attached hydrogens (tertiary/aromatic N) is 1. The Morgan fingerprint density at radius 2 is 1.79 bits per heavy atom. The summed E-state index contributed by atoms with van der Waals surface area (Å²) in [5, 5.41) is 12.9. The molecule has 1 rings (SSSR count). The number of hydroxylamine groups is 2. The second kappa shape index (κ2) is 11.3. The zero-order chi connectivity index (χ0) is 21.2. The number of benzene rings is 1. The summed E-state index contributed by atoms with van der Waals surface area (Å²) in [6.07, 6.45) is 0.481. The third-order valence-electron chi connectivity index (χ3n) is 3.67. The van der Waals surface area contributed by atoms with Gasteiger partial charge in [0.15, 0.2) is 0 Å². The van der Waals surface area contributed by atoms with E-state index in [1.54, 1.807) is 20.8 Å². The molecule has 156 valence electrons. The van der Waals surface area contributed by atoms with Crippen molar-refractivity contribution >= 4 is 18.0 Å². The van der Waals surface area contributed by atoms with Gasteiger partial charge in [-0.05, 0) is 45.6 Å². The molecule has 0 saturated heterocycles. The van der Waals surface area contributed by atoms with Crippen molar-refractivity contribution in [2.45, 2.75) is 65.2 Å². The number of rotatable bonds is 10. The lowest BCUT2D eigenvalue weighted by Gasteiger charge is -2.22. The number of hydrogen-bond acceptors (Lipinski definition) is 5. The molecule has 8 heteroatoms. The number of nitrogens with one attached hydrogen (secondary N) is 1. The maximum Gasteiger partial charge on any atom is 0.408 e. The topological polar surface area (TPSA) is 105 Å². The van der Waals surface area contributed by atoms with Crippen LogP contribution in [0.15, 0.2) is 30.3 Å². The van der Waals surface area contributed by atoms with Gasteiger partial charge in [-0.3, -0.25) is 9.63 Å². The zero-order valence-corrected chi connectivity index (χ0v) is 16.9. The van der Waals surface area contributed by atoms with Crippen LogP contribution in [0.2, 0.25) is 0 Å². The Morgan fingerprint density at radius 1 is 1.14 bits per heavy atom. The highest BCUT2D eigenvalue weighted by Gasteiger charge is 2.23. The van der Waals surface area contributed by atoms with Crippen molar-refractivity contribution in [1.82, 2.24) is 10.4 Å². The van der Waals surface area contributed by atoms with Crippen LogP contribution in [0.1, 0.15) is 52.5 Å². The minimum atomic E-state index is -1.13. The lowest BCUT2D eigenvalue weighted by Crippen LogP contribution is -2.43. The number of hydrogen-bond donors (Lipinski definition) is 2. The van der Waals surface area contributed by atoms with Crippen molar-refractivity contribution in [2.75, 3.05) is 6.54 Å². The lowest BCUT2D eigenvalue weighted by atomic mass is 10.1. The normalized spacial score (nSPS) is 12.1. The number of alkyl carbamates (subject to hydrolysis) is 1. The molecule has 0 heterocycles. The minimum Gasteiger partial charge on any atom is -0.480 e. The number of amides is 2. The van der Waals surface area contributed by atoms with Gasteiger partial charge in [0.05, 0.1) is 0 Å². The highest BCUT2D eigenvalue weighted by molar-refractivity contribution is 5.79. The van der Waals surface area contributed by atoms with E-state index in [0.29, 0.717) is 19.4 Å². The molecule has 0 fully saturated rings. The number of aliphatic carboxylic acids is 1. The van der Waals surface area contributed by atoms with Crippen molar-refractivity contribution in [3.63, 3.8) is 0 Å². The standard InChI is InChI=1S/C20H30N2O6/c1-15(23)22(27-14-16-10-6-5-7-11-16)13-9-8-12-17(18(24)25)21-19(26)28-20(2,3)4/h5-7,10-11,17H,8-9,12-14H2,1-4H3,(H,21,26)(H,24,25)/t17-/m0/s1. The van der Waals surface area contributed by atoms with Crippen LogP contribution in [0.5, 0.6) is 0 Å². The maximum absolute atomic E-state index is 11.8. The van der Waals surface area contributed by atoms with E-state index in [2.05, 4.69) is 5.32 Å². The van der Waals surface area contributed by atoms with E-state index in [4.69, 9.17) is 9.57 Å². The summed E-state index contributed by atoms with van der Waals surface area (Å²) in [6, 6.07) is 8.43. The Morgan fingerprint density at radius 3 is 2.32 bits per heavy atom. The van der Waals surface area contributed by atoms with E-state index in [1.807, 2.05) is 30.3 Å². The van der Waals surface area contributed by atoms with Crippen LogP contribution in [0.4, 0.5) is 4.79 Å². The van der Waals surface area contributed by atoms with E-state index in [9.17, 15) is 19.5 Å². The highest BCUT2D eigenvalue weighted by Crippen LogP contribution is 2.10. The van der Waals surface area contributed by atoms with E-state index >= 15 is 0 Å². The molecule has 0 aliphatic rings. The molecule has 0 aliphatic carbocycles. The monoisotopic (exact) mass is 394 g/mol. The lowest BCUT2D eigenvalue weighted by molar-refractivity contribution is -0.189. The third kappa shape index (κ3) is 9.91. The maximum atomic E-state index is 11.8. The Labute approximate surface area is 165 Å². The number of unbranched alkanes of at least 4 members (excludes halogenated alkanes) is 1. The van der Waals surface area contributed by atoms with Crippen LogP contribution in [-0.2, 0) is 25.8 Å². The summed E-state index contributed by atoms with van der Waals surface area (Å²) in [4.78, 5) is 40.3. The molecule has 1 aromatic rings. The van der Waals surface area contributed by atoms with Gasteiger partial charge >= 0.3 is 12.1 Å². The van der Waals surface area contributed by atoms with Crippen LogP contribution in [-0.4, -0.2) is 46.3 Å². The smallest absolute Gasteiger partial charge is 0.408 e. The molecule has 0 bridgehead atoms. The molecule has 0 aliphatic heterocycles. The van der Waals surface area contributed by atoms with Crippen molar-refractivity contribution in [3.05, 3.63) is 35.9 Å². The molecule has 0 aromatic heterocycles.